The predicted molar refractivity (Wildman–Crippen MR) is 128 cm³/mol. The lowest BCUT2D eigenvalue weighted by Crippen LogP contribution is -2.37. The average molecular weight is 460 g/mol. The van der Waals surface area contributed by atoms with Crippen LogP contribution in [0.5, 0.6) is 11.5 Å². The molecule has 34 heavy (non-hydrogen) atoms. The van der Waals surface area contributed by atoms with E-state index in [4.69, 9.17) is 9.47 Å². The normalized spacial score (nSPS) is 15.4. The van der Waals surface area contributed by atoms with Crippen LogP contribution in [-0.4, -0.2) is 43.0 Å². The molecule has 1 saturated heterocycles. The van der Waals surface area contributed by atoms with E-state index < -0.39 is 18.0 Å². The molecule has 1 aliphatic heterocycles. The van der Waals surface area contributed by atoms with Gasteiger partial charge in [0.05, 0.1) is 26.3 Å². The van der Waals surface area contributed by atoms with Crippen molar-refractivity contribution < 1.29 is 23.9 Å². The number of carbonyl (C=O) groups is 3. The van der Waals surface area contributed by atoms with Gasteiger partial charge in [0.25, 0.3) is 5.91 Å². The highest BCUT2D eigenvalue weighted by Crippen LogP contribution is 2.29. The maximum Gasteiger partial charge on any atom is 0.332 e. The number of methoxy groups -OCH3 is 2. The molecule has 1 atom stereocenters. The zero-order chi connectivity index (χ0) is 24.1. The van der Waals surface area contributed by atoms with Crippen molar-refractivity contribution in [3.63, 3.8) is 0 Å². The third-order valence-electron chi connectivity index (χ3n) is 5.60. The number of imide groups is 1. The van der Waals surface area contributed by atoms with E-state index in [-0.39, 0.29) is 18.9 Å². The highest BCUT2D eigenvalue weighted by molar-refractivity contribution is 6.22. The Kier molecular flexibility index (Phi) is 6.77. The van der Waals surface area contributed by atoms with Gasteiger partial charge in [0, 0.05) is 12.2 Å². The van der Waals surface area contributed by atoms with Crippen molar-refractivity contribution in [3.05, 3.63) is 84.4 Å². The molecular weight excluding hydrogens is 434 g/mol. The number of hydrogen-bond donors (Lipinski definition) is 1. The van der Waals surface area contributed by atoms with Crippen LogP contribution in [0.3, 0.4) is 0 Å². The van der Waals surface area contributed by atoms with Gasteiger partial charge in [0.1, 0.15) is 17.5 Å². The summed E-state index contributed by atoms with van der Waals surface area (Å²) in [7, 11) is 3.14. The third-order valence-corrected chi connectivity index (χ3v) is 5.60. The van der Waals surface area contributed by atoms with Crippen LogP contribution < -0.4 is 19.7 Å². The number of hydrogen-bond acceptors (Lipinski definition) is 5. The van der Waals surface area contributed by atoms with Crippen LogP contribution in [0, 0.1) is 0 Å². The molecule has 174 valence electrons. The molecule has 8 nitrogen and oxygen atoms in total. The van der Waals surface area contributed by atoms with Crippen molar-refractivity contribution in [1.82, 2.24) is 4.90 Å². The van der Waals surface area contributed by atoms with Crippen molar-refractivity contribution in [2.75, 3.05) is 24.4 Å². The second-order valence-electron chi connectivity index (χ2n) is 7.76. The smallest absolute Gasteiger partial charge is 0.332 e. The SMILES string of the molecule is COc1ccc(CN2C(=O)N(c3ccccc3)C(=O)C2CC(=O)Nc2ccc(OC)cc2)cc1. The van der Waals surface area contributed by atoms with Crippen LogP contribution in [0.2, 0.25) is 0 Å². The summed E-state index contributed by atoms with van der Waals surface area (Å²) in [4.78, 5) is 42.1. The molecule has 3 aromatic carbocycles. The Balaban J connectivity index is 1.56. The number of rotatable bonds is 8. The van der Waals surface area contributed by atoms with Crippen molar-refractivity contribution in [3.8, 4) is 11.5 Å². The van der Waals surface area contributed by atoms with Gasteiger partial charge in [-0.25, -0.2) is 9.69 Å². The molecule has 8 heteroatoms. The molecule has 1 unspecified atom stereocenters. The fourth-order valence-electron chi connectivity index (χ4n) is 3.82. The average Bonchev–Trinajstić information content (AvgIpc) is 3.09. The lowest BCUT2D eigenvalue weighted by atomic mass is 10.1. The van der Waals surface area contributed by atoms with Crippen molar-refractivity contribution in [2.24, 2.45) is 0 Å². The topological polar surface area (TPSA) is 88.2 Å². The Morgan fingerprint density at radius 1 is 0.853 bits per heavy atom. The van der Waals surface area contributed by atoms with E-state index >= 15 is 0 Å². The summed E-state index contributed by atoms with van der Waals surface area (Å²) in [5, 5.41) is 2.79. The Bertz CT molecular complexity index is 1160. The summed E-state index contributed by atoms with van der Waals surface area (Å²) in [6, 6.07) is 21.4. The Labute approximate surface area is 197 Å². The number of anilines is 2. The first-order valence-electron chi connectivity index (χ1n) is 10.8. The zero-order valence-electron chi connectivity index (χ0n) is 18.9. The minimum atomic E-state index is -0.937. The first-order chi connectivity index (χ1) is 16.5. The number of carbonyl (C=O) groups excluding carboxylic acids is 3. The predicted octanol–water partition coefficient (Wildman–Crippen LogP) is 4.07. The van der Waals surface area contributed by atoms with Gasteiger partial charge in [0.15, 0.2) is 0 Å². The van der Waals surface area contributed by atoms with Crippen LogP contribution in [0.25, 0.3) is 0 Å². The van der Waals surface area contributed by atoms with Gasteiger partial charge in [0.2, 0.25) is 5.91 Å². The minimum Gasteiger partial charge on any atom is -0.497 e. The monoisotopic (exact) mass is 459 g/mol. The van der Waals surface area contributed by atoms with Gasteiger partial charge in [-0.3, -0.25) is 9.59 Å². The maximum atomic E-state index is 13.3. The Morgan fingerprint density at radius 3 is 2.03 bits per heavy atom. The van der Waals surface area contributed by atoms with E-state index in [1.165, 1.54) is 4.90 Å². The van der Waals surface area contributed by atoms with Gasteiger partial charge < -0.3 is 19.7 Å². The van der Waals surface area contributed by atoms with Crippen molar-refractivity contribution in [1.29, 1.82) is 0 Å². The third kappa shape index (κ3) is 4.85. The second-order valence-corrected chi connectivity index (χ2v) is 7.76. The molecule has 1 fully saturated rings. The second kappa shape index (κ2) is 10.1. The van der Waals surface area contributed by atoms with Crippen molar-refractivity contribution >= 4 is 29.2 Å². The van der Waals surface area contributed by atoms with Crippen LogP contribution in [-0.2, 0) is 16.1 Å². The summed E-state index contributed by atoms with van der Waals surface area (Å²) in [6.45, 7) is 0.179. The summed E-state index contributed by atoms with van der Waals surface area (Å²) < 4.78 is 10.3. The first kappa shape index (κ1) is 22.8. The summed E-state index contributed by atoms with van der Waals surface area (Å²) >= 11 is 0. The van der Waals surface area contributed by atoms with Gasteiger partial charge in [-0.05, 0) is 54.1 Å². The molecule has 0 spiro atoms. The first-order valence-corrected chi connectivity index (χ1v) is 10.8. The molecule has 1 heterocycles. The minimum absolute atomic E-state index is 0.171. The van der Waals surface area contributed by atoms with E-state index in [0.29, 0.717) is 22.9 Å². The van der Waals surface area contributed by atoms with E-state index in [2.05, 4.69) is 5.32 Å². The number of amides is 4. The molecule has 4 amide bonds. The molecule has 0 radical (unpaired) electrons. The molecule has 3 aromatic rings. The number of nitrogens with zero attached hydrogens (tertiary/aromatic N) is 2. The van der Waals surface area contributed by atoms with Gasteiger partial charge in [-0.2, -0.15) is 0 Å². The number of ether oxygens (including phenoxy) is 2. The molecule has 1 N–H and O–H groups in total. The lowest BCUT2D eigenvalue weighted by Gasteiger charge is -2.22. The van der Waals surface area contributed by atoms with E-state index in [1.54, 1.807) is 74.9 Å². The molecule has 1 aliphatic rings. The fraction of sp³-hybridized carbons (Fsp3) is 0.192. The van der Waals surface area contributed by atoms with Crippen LogP contribution in [0.4, 0.5) is 16.2 Å². The van der Waals surface area contributed by atoms with Gasteiger partial charge >= 0.3 is 6.03 Å². The van der Waals surface area contributed by atoms with Crippen LogP contribution in [0.1, 0.15) is 12.0 Å². The molecule has 0 saturated carbocycles. The maximum absolute atomic E-state index is 13.3. The summed E-state index contributed by atoms with van der Waals surface area (Å²) in [6.07, 6.45) is -0.171. The number of benzene rings is 3. The molecule has 0 aromatic heterocycles. The van der Waals surface area contributed by atoms with E-state index in [0.717, 1.165) is 10.5 Å². The van der Waals surface area contributed by atoms with Crippen LogP contribution in [0.15, 0.2) is 78.9 Å². The number of nitrogens with one attached hydrogen (secondary N) is 1. The Hall–Kier alpha value is -4.33. The highest BCUT2D eigenvalue weighted by atomic mass is 16.5. The van der Waals surface area contributed by atoms with Crippen molar-refractivity contribution in [2.45, 2.75) is 19.0 Å². The fourth-order valence-corrected chi connectivity index (χ4v) is 3.82. The standard InChI is InChI=1S/C26H25N3O5/c1-33-21-12-8-18(9-13-21)17-28-23(16-24(30)27-19-10-14-22(34-2)15-11-19)25(31)29(26(28)32)20-6-4-3-5-7-20/h3-15,23H,16-17H2,1-2H3,(H,27,30). The van der Waals surface area contributed by atoms with Gasteiger partial charge in [-0.15, -0.1) is 0 Å². The summed E-state index contributed by atoms with van der Waals surface area (Å²) in [5.74, 6) is 0.549. The highest BCUT2D eigenvalue weighted by Gasteiger charge is 2.46. The van der Waals surface area contributed by atoms with E-state index in [9.17, 15) is 14.4 Å². The number of para-hydroxylation sites is 1. The molecule has 0 aliphatic carbocycles. The molecular formula is C26H25N3O5. The quantitative estimate of drug-likeness (QED) is 0.513. The van der Waals surface area contributed by atoms with E-state index in [1.807, 2.05) is 18.2 Å². The van der Waals surface area contributed by atoms with Crippen LogP contribution >= 0.6 is 0 Å². The molecule has 4 rings (SSSR count). The molecule has 0 bridgehead atoms. The largest absolute Gasteiger partial charge is 0.497 e. The van der Waals surface area contributed by atoms with Gasteiger partial charge in [-0.1, -0.05) is 30.3 Å². The Morgan fingerprint density at radius 2 is 1.44 bits per heavy atom. The number of urea groups is 1. The lowest BCUT2D eigenvalue weighted by molar-refractivity contribution is -0.124. The summed E-state index contributed by atoms with van der Waals surface area (Å²) in [5.41, 5.74) is 1.86. The zero-order valence-corrected chi connectivity index (χ0v) is 18.9.